The molecule has 0 bridgehead atoms. The number of H-pyrrole nitrogens is 1. The van der Waals surface area contributed by atoms with Crippen molar-refractivity contribution in [1.82, 2.24) is 20.0 Å². The van der Waals surface area contributed by atoms with Crippen LogP contribution < -0.4 is 0 Å². The lowest BCUT2D eigenvalue weighted by molar-refractivity contribution is 0.0726. The molecule has 0 aliphatic heterocycles. The first-order chi connectivity index (χ1) is 13.7. The smallest absolute Gasteiger partial charge is 0.259 e. The predicted octanol–water partition coefficient (Wildman–Crippen LogP) is 4.22. The third kappa shape index (κ3) is 3.86. The summed E-state index contributed by atoms with van der Waals surface area (Å²) in [5.41, 5.74) is 5.27. The fourth-order valence-corrected chi connectivity index (χ4v) is 3.10. The molecule has 0 fully saturated rings. The van der Waals surface area contributed by atoms with E-state index in [9.17, 15) is 4.79 Å². The standard InChI is InChI=1S/C22H20N4O2/c1-16-21(14-28-25-16)22(27)26(13-20-11-23-15-24-20)12-17-7-9-19(10-8-17)18-5-3-2-4-6-18/h2-11,14-15H,12-13H2,1H3,(H,23,24). The van der Waals surface area contributed by atoms with Gasteiger partial charge in [0, 0.05) is 12.7 Å². The van der Waals surface area contributed by atoms with Gasteiger partial charge in [0.2, 0.25) is 0 Å². The van der Waals surface area contributed by atoms with Gasteiger partial charge in [-0.25, -0.2) is 4.98 Å². The minimum Gasteiger partial charge on any atom is -0.364 e. The van der Waals surface area contributed by atoms with Crippen LogP contribution in [0.5, 0.6) is 0 Å². The van der Waals surface area contributed by atoms with Crippen LogP contribution in [0.15, 0.2) is 77.9 Å². The summed E-state index contributed by atoms with van der Waals surface area (Å²) in [6.45, 7) is 2.65. The van der Waals surface area contributed by atoms with Crippen molar-refractivity contribution >= 4 is 5.91 Å². The second-order valence-electron chi connectivity index (χ2n) is 6.61. The maximum absolute atomic E-state index is 13.0. The molecular formula is C22H20N4O2. The number of rotatable bonds is 6. The highest BCUT2D eigenvalue weighted by atomic mass is 16.5. The van der Waals surface area contributed by atoms with Gasteiger partial charge in [0.05, 0.1) is 24.3 Å². The molecule has 28 heavy (non-hydrogen) atoms. The minimum absolute atomic E-state index is 0.125. The van der Waals surface area contributed by atoms with E-state index in [1.54, 1.807) is 24.3 Å². The van der Waals surface area contributed by atoms with Crippen LogP contribution in [-0.2, 0) is 13.1 Å². The monoisotopic (exact) mass is 372 g/mol. The zero-order chi connectivity index (χ0) is 19.3. The SMILES string of the molecule is Cc1nocc1C(=O)N(Cc1ccc(-c2ccccc2)cc1)Cc1cnc[nH]1. The summed E-state index contributed by atoms with van der Waals surface area (Å²) in [5, 5.41) is 3.83. The Morgan fingerprint density at radius 2 is 1.79 bits per heavy atom. The van der Waals surface area contributed by atoms with Crippen LogP contribution in [0, 0.1) is 6.92 Å². The fourth-order valence-electron chi connectivity index (χ4n) is 3.10. The Morgan fingerprint density at radius 1 is 1.04 bits per heavy atom. The van der Waals surface area contributed by atoms with Crippen LogP contribution in [0.3, 0.4) is 0 Å². The highest BCUT2D eigenvalue weighted by molar-refractivity contribution is 5.94. The second kappa shape index (κ2) is 7.92. The highest BCUT2D eigenvalue weighted by Gasteiger charge is 2.21. The maximum atomic E-state index is 13.0. The van der Waals surface area contributed by atoms with E-state index in [-0.39, 0.29) is 5.91 Å². The molecule has 0 aliphatic rings. The minimum atomic E-state index is -0.125. The topological polar surface area (TPSA) is 75.0 Å². The van der Waals surface area contributed by atoms with Gasteiger partial charge in [-0.05, 0) is 23.6 Å². The van der Waals surface area contributed by atoms with Crippen molar-refractivity contribution in [2.75, 3.05) is 0 Å². The lowest BCUT2D eigenvalue weighted by Crippen LogP contribution is -2.30. The highest BCUT2D eigenvalue weighted by Crippen LogP contribution is 2.21. The number of carbonyl (C=O) groups excluding carboxylic acids is 1. The number of hydrogen-bond acceptors (Lipinski definition) is 4. The molecule has 2 aromatic heterocycles. The number of hydrogen-bond donors (Lipinski definition) is 1. The van der Waals surface area contributed by atoms with Crippen LogP contribution in [0.2, 0.25) is 0 Å². The lowest BCUT2D eigenvalue weighted by atomic mass is 10.0. The van der Waals surface area contributed by atoms with Gasteiger partial charge < -0.3 is 14.4 Å². The van der Waals surface area contributed by atoms with Crippen molar-refractivity contribution in [2.24, 2.45) is 0 Å². The summed E-state index contributed by atoms with van der Waals surface area (Å²) in [5.74, 6) is -0.125. The third-order valence-corrected chi connectivity index (χ3v) is 4.62. The number of benzene rings is 2. The largest absolute Gasteiger partial charge is 0.364 e. The molecule has 0 saturated heterocycles. The number of amides is 1. The summed E-state index contributed by atoms with van der Waals surface area (Å²) in [7, 11) is 0. The van der Waals surface area contributed by atoms with Gasteiger partial charge >= 0.3 is 0 Å². The van der Waals surface area contributed by atoms with Crippen LogP contribution in [0.1, 0.15) is 27.3 Å². The molecule has 4 aromatic rings. The number of aryl methyl sites for hydroxylation is 1. The Kier molecular flexibility index (Phi) is 5.01. The van der Waals surface area contributed by atoms with Gasteiger partial charge in [0.1, 0.15) is 11.8 Å². The van der Waals surface area contributed by atoms with E-state index in [0.29, 0.717) is 24.3 Å². The van der Waals surface area contributed by atoms with Gasteiger partial charge in [-0.3, -0.25) is 4.79 Å². The summed E-state index contributed by atoms with van der Waals surface area (Å²) in [6, 6.07) is 18.5. The van der Waals surface area contributed by atoms with Gasteiger partial charge in [0.25, 0.3) is 5.91 Å². The Hall–Kier alpha value is -3.67. The van der Waals surface area contributed by atoms with E-state index >= 15 is 0 Å². The second-order valence-corrected chi connectivity index (χ2v) is 6.61. The van der Waals surface area contributed by atoms with Crippen LogP contribution in [-0.4, -0.2) is 25.9 Å². The quantitative estimate of drug-likeness (QED) is 0.550. The van der Waals surface area contributed by atoms with Crippen molar-refractivity contribution in [3.8, 4) is 11.1 Å². The molecule has 0 aliphatic carbocycles. The molecule has 2 aromatic carbocycles. The van der Waals surface area contributed by atoms with Crippen LogP contribution in [0.4, 0.5) is 0 Å². The number of imidazole rings is 1. The molecular weight excluding hydrogens is 352 g/mol. The Labute approximate surface area is 162 Å². The zero-order valence-electron chi connectivity index (χ0n) is 15.5. The Balaban J connectivity index is 1.56. The van der Waals surface area contributed by atoms with Crippen molar-refractivity contribution < 1.29 is 9.32 Å². The van der Waals surface area contributed by atoms with Crippen molar-refractivity contribution in [2.45, 2.75) is 20.0 Å². The zero-order valence-corrected chi connectivity index (χ0v) is 15.5. The third-order valence-electron chi connectivity index (χ3n) is 4.62. The molecule has 6 nitrogen and oxygen atoms in total. The van der Waals surface area contributed by atoms with Gasteiger partial charge in [-0.1, -0.05) is 59.8 Å². The normalized spacial score (nSPS) is 10.8. The van der Waals surface area contributed by atoms with Crippen molar-refractivity contribution in [3.63, 3.8) is 0 Å². The molecule has 0 atom stereocenters. The molecule has 0 radical (unpaired) electrons. The van der Waals surface area contributed by atoms with Crippen molar-refractivity contribution in [1.29, 1.82) is 0 Å². The molecule has 0 spiro atoms. The fraction of sp³-hybridized carbons (Fsp3) is 0.136. The van der Waals surface area contributed by atoms with Crippen LogP contribution >= 0.6 is 0 Å². The molecule has 0 unspecified atom stereocenters. The molecule has 4 rings (SSSR count). The summed E-state index contributed by atoms with van der Waals surface area (Å²) < 4.78 is 4.95. The van der Waals surface area contributed by atoms with E-state index in [4.69, 9.17) is 4.52 Å². The molecule has 0 saturated carbocycles. The first-order valence-corrected chi connectivity index (χ1v) is 9.02. The number of aromatic nitrogens is 3. The van der Waals surface area contributed by atoms with Crippen LogP contribution in [0.25, 0.3) is 11.1 Å². The molecule has 140 valence electrons. The Morgan fingerprint density at radius 3 is 2.43 bits per heavy atom. The van der Waals surface area contributed by atoms with E-state index in [0.717, 1.165) is 16.8 Å². The van der Waals surface area contributed by atoms with E-state index in [1.165, 1.54) is 11.8 Å². The number of nitrogens with one attached hydrogen (secondary N) is 1. The first-order valence-electron chi connectivity index (χ1n) is 9.02. The predicted molar refractivity (Wildman–Crippen MR) is 105 cm³/mol. The molecule has 6 heteroatoms. The Bertz CT molecular complexity index is 1040. The van der Waals surface area contributed by atoms with Gasteiger partial charge in [-0.2, -0.15) is 0 Å². The number of nitrogens with zero attached hydrogens (tertiary/aromatic N) is 3. The molecule has 2 heterocycles. The lowest BCUT2D eigenvalue weighted by Gasteiger charge is -2.22. The van der Waals surface area contributed by atoms with E-state index in [2.05, 4.69) is 51.5 Å². The number of aromatic amines is 1. The van der Waals surface area contributed by atoms with Gasteiger partial charge in [0.15, 0.2) is 0 Å². The summed E-state index contributed by atoms with van der Waals surface area (Å²) >= 11 is 0. The summed E-state index contributed by atoms with van der Waals surface area (Å²) in [4.78, 5) is 21.9. The van der Waals surface area contributed by atoms with Crippen molar-refractivity contribution in [3.05, 3.63) is 95.9 Å². The summed E-state index contributed by atoms with van der Waals surface area (Å²) in [6.07, 6.45) is 4.73. The molecule has 1 amide bonds. The number of carbonyl (C=O) groups is 1. The first kappa shape index (κ1) is 17.7. The van der Waals surface area contributed by atoms with E-state index in [1.807, 2.05) is 18.2 Å². The van der Waals surface area contributed by atoms with Gasteiger partial charge in [-0.15, -0.1) is 0 Å². The maximum Gasteiger partial charge on any atom is 0.259 e. The average molecular weight is 372 g/mol. The van der Waals surface area contributed by atoms with E-state index < -0.39 is 0 Å². The molecule has 1 N–H and O–H groups in total. The average Bonchev–Trinajstić information content (AvgIpc) is 3.40.